The molecule has 5 atom stereocenters. The maximum absolute atomic E-state index is 13.1. The van der Waals surface area contributed by atoms with E-state index in [-0.39, 0.29) is 24.7 Å². The molecule has 12 heteroatoms. The normalized spacial score (nSPS) is 15.5. The number of carbonyl (C=O) groups is 5. The zero-order chi connectivity index (χ0) is 26.4. The fourth-order valence-electron chi connectivity index (χ4n) is 3.10. The molecule has 0 fully saturated rings. The summed E-state index contributed by atoms with van der Waals surface area (Å²) < 4.78 is 0. The lowest BCUT2D eigenvalue weighted by Gasteiger charge is -2.28. The number of nitrogens with two attached hydrogens (primary N) is 1. The van der Waals surface area contributed by atoms with Gasteiger partial charge in [-0.1, -0.05) is 34.1 Å². The molecular weight excluding hydrogens is 464 g/mol. The molecule has 0 radical (unpaired) electrons. The molecular formula is C22H40N4O7S. The van der Waals surface area contributed by atoms with Gasteiger partial charge in [-0.15, -0.1) is 0 Å². The summed E-state index contributed by atoms with van der Waals surface area (Å²) in [6, 6.07) is -4.17. The van der Waals surface area contributed by atoms with E-state index in [0.29, 0.717) is 18.6 Å². The molecule has 0 saturated carbocycles. The summed E-state index contributed by atoms with van der Waals surface area (Å²) in [6.07, 6.45) is 2.42. The third-order valence-electron chi connectivity index (χ3n) is 5.36. The first-order valence-electron chi connectivity index (χ1n) is 11.4. The molecule has 5 unspecified atom stereocenters. The smallest absolute Gasteiger partial charge is 0.326 e. The number of hydrogen-bond acceptors (Lipinski definition) is 7. The Kier molecular flexibility index (Phi) is 15.2. The van der Waals surface area contributed by atoms with Crippen molar-refractivity contribution in [1.82, 2.24) is 16.0 Å². The zero-order valence-electron chi connectivity index (χ0n) is 20.6. The molecule has 0 heterocycles. The van der Waals surface area contributed by atoms with Crippen LogP contribution < -0.4 is 21.7 Å². The van der Waals surface area contributed by atoms with Crippen molar-refractivity contribution >= 4 is 41.4 Å². The summed E-state index contributed by atoms with van der Waals surface area (Å²) in [5.41, 5.74) is 5.92. The lowest BCUT2D eigenvalue weighted by atomic mass is 9.96. The van der Waals surface area contributed by atoms with E-state index in [0.717, 1.165) is 0 Å². The number of carboxylic acids is 2. The van der Waals surface area contributed by atoms with Crippen molar-refractivity contribution in [3.8, 4) is 0 Å². The van der Waals surface area contributed by atoms with Crippen LogP contribution in [0.15, 0.2) is 0 Å². The van der Waals surface area contributed by atoms with Crippen molar-refractivity contribution in [2.75, 3.05) is 12.0 Å². The van der Waals surface area contributed by atoms with E-state index in [4.69, 9.17) is 10.8 Å². The van der Waals surface area contributed by atoms with Crippen LogP contribution in [0, 0.1) is 11.8 Å². The first-order valence-corrected chi connectivity index (χ1v) is 12.8. The number of nitrogens with one attached hydrogen (secondary N) is 3. The monoisotopic (exact) mass is 504 g/mol. The van der Waals surface area contributed by atoms with Crippen LogP contribution in [0.1, 0.15) is 59.8 Å². The second-order valence-electron chi connectivity index (χ2n) is 8.78. The predicted molar refractivity (Wildman–Crippen MR) is 130 cm³/mol. The van der Waals surface area contributed by atoms with Crippen LogP contribution in [0.3, 0.4) is 0 Å². The Bertz CT molecular complexity index is 705. The van der Waals surface area contributed by atoms with Gasteiger partial charge in [-0.25, -0.2) is 4.79 Å². The van der Waals surface area contributed by atoms with Gasteiger partial charge in [-0.2, -0.15) is 11.8 Å². The molecule has 0 aromatic heterocycles. The topological polar surface area (TPSA) is 188 Å². The highest BCUT2D eigenvalue weighted by Gasteiger charge is 2.32. The number of amides is 3. The van der Waals surface area contributed by atoms with Crippen molar-refractivity contribution in [2.45, 2.75) is 84.0 Å². The van der Waals surface area contributed by atoms with E-state index in [9.17, 15) is 29.1 Å². The molecule has 0 aromatic carbocycles. The average Bonchev–Trinajstić information content (AvgIpc) is 2.76. The number of carboxylic acid groups (broad SMARTS) is 2. The second-order valence-corrected chi connectivity index (χ2v) is 9.77. The fraction of sp³-hybridized carbons (Fsp3) is 0.773. The zero-order valence-corrected chi connectivity index (χ0v) is 21.4. The second kappa shape index (κ2) is 16.3. The van der Waals surface area contributed by atoms with Crippen LogP contribution in [-0.4, -0.2) is 76.0 Å². The highest BCUT2D eigenvalue weighted by atomic mass is 32.2. The molecule has 0 aliphatic rings. The summed E-state index contributed by atoms with van der Waals surface area (Å²) in [5, 5.41) is 25.8. The Hall–Kier alpha value is -2.34. The molecule has 3 amide bonds. The lowest BCUT2D eigenvalue weighted by molar-refractivity contribution is -0.143. The van der Waals surface area contributed by atoms with E-state index >= 15 is 0 Å². The maximum atomic E-state index is 13.1. The van der Waals surface area contributed by atoms with Gasteiger partial charge >= 0.3 is 11.9 Å². The molecule has 0 aromatic rings. The Balaban J connectivity index is 5.51. The van der Waals surface area contributed by atoms with Crippen LogP contribution >= 0.6 is 11.8 Å². The Morgan fingerprint density at radius 1 is 0.882 bits per heavy atom. The number of thioether (sulfide) groups is 1. The van der Waals surface area contributed by atoms with Crippen molar-refractivity contribution in [1.29, 1.82) is 0 Å². The number of rotatable bonds is 17. The van der Waals surface area contributed by atoms with Gasteiger partial charge < -0.3 is 31.9 Å². The summed E-state index contributed by atoms with van der Waals surface area (Å²) in [7, 11) is 0. The Morgan fingerprint density at radius 2 is 1.47 bits per heavy atom. The molecule has 7 N–H and O–H groups in total. The van der Waals surface area contributed by atoms with Crippen LogP contribution in [-0.2, 0) is 24.0 Å². The molecule has 0 bridgehead atoms. The molecule has 11 nitrogen and oxygen atoms in total. The van der Waals surface area contributed by atoms with Gasteiger partial charge in [-0.3, -0.25) is 19.2 Å². The van der Waals surface area contributed by atoms with Gasteiger partial charge in [0, 0.05) is 6.42 Å². The van der Waals surface area contributed by atoms with E-state index in [1.54, 1.807) is 18.7 Å². The maximum Gasteiger partial charge on any atom is 0.326 e. The molecule has 0 aliphatic carbocycles. The van der Waals surface area contributed by atoms with Crippen molar-refractivity contribution in [3.63, 3.8) is 0 Å². The first kappa shape index (κ1) is 31.7. The van der Waals surface area contributed by atoms with Gasteiger partial charge in [-0.05, 0) is 43.1 Å². The van der Waals surface area contributed by atoms with Crippen molar-refractivity contribution < 1.29 is 34.2 Å². The molecule has 0 rings (SSSR count). The third-order valence-corrected chi connectivity index (χ3v) is 6.01. The summed E-state index contributed by atoms with van der Waals surface area (Å²) in [6.45, 7) is 7.33. The van der Waals surface area contributed by atoms with Gasteiger partial charge in [0.1, 0.15) is 18.1 Å². The largest absolute Gasteiger partial charge is 0.481 e. The standard InChI is InChI=1S/C22H40N4O7S/c1-6-13(4)18(26-19(29)14(23)9-10-34-5)21(31)25-16(11-12(2)3)20(30)24-15(22(32)33)7-8-17(27)28/h12-16,18H,6-11,23H2,1-5H3,(H,24,30)(H,25,31)(H,26,29)(H,27,28)(H,32,33). The van der Waals surface area contributed by atoms with Crippen molar-refractivity contribution in [2.24, 2.45) is 17.6 Å². The molecule has 0 spiro atoms. The average molecular weight is 505 g/mol. The van der Waals surface area contributed by atoms with Gasteiger partial charge in [0.25, 0.3) is 0 Å². The minimum Gasteiger partial charge on any atom is -0.481 e. The van der Waals surface area contributed by atoms with Crippen LogP contribution in [0.2, 0.25) is 0 Å². The van der Waals surface area contributed by atoms with E-state index in [1.807, 2.05) is 27.0 Å². The molecule has 0 saturated heterocycles. The van der Waals surface area contributed by atoms with Crippen LogP contribution in [0.5, 0.6) is 0 Å². The van der Waals surface area contributed by atoms with Gasteiger partial charge in [0.2, 0.25) is 17.7 Å². The van der Waals surface area contributed by atoms with Gasteiger partial charge in [0.15, 0.2) is 0 Å². The van der Waals surface area contributed by atoms with E-state index in [2.05, 4.69) is 16.0 Å². The lowest BCUT2D eigenvalue weighted by Crippen LogP contribution is -2.58. The van der Waals surface area contributed by atoms with Crippen LogP contribution in [0.4, 0.5) is 0 Å². The van der Waals surface area contributed by atoms with E-state index in [1.165, 1.54) is 0 Å². The molecule has 34 heavy (non-hydrogen) atoms. The number of carbonyl (C=O) groups excluding carboxylic acids is 3. The quantitative estimate of drug-likeness (QED) is 0.164. The number of aliphatic carboxylic acids is 2. The Labute approximate surface area is 205 Å². The minimum absolute atomic E-state index is 0.0186. The SMILES string of the molecule is CCC(C)C(NC(=O)C(N)CCSC)C(=O)NC(CC(C)C)C(=O)NC(CCC(=O)O)C(=O)O. The third kappa shape index (κ3) is 12.2. The summed E-state index contributed by atoms with van der Waals surface area (Å²) >= 11 is 1.55. The van der Waals surface area contributed by atoms with Crippen LogP contribution in [0.25, 0.3) is 0 Å². The molecule has 0 aliphatic heterocycles. The fourth-order valence-corrected chi connectivity index (χ4v) is 3.59. The summed E-state index contributed by atoms with van der Waals surface area (Å²) in [5.74, 6) is -3.89. The van der Waals surface area contributed by atoms with Crippen molar-refractivity contribution in [3.05, 3.63) is 0 Å². The minimum atomic E-state index is -1.41. The highest BCUT2D eigenvalue weighted by Crippen LogP contribution is 2.12. The molecule has 196 valence electrons. The first-order chi connectivity index (χ1) is 15.8. The van der Waals surface area contributed by atoms with E-state index < -0.39 is 60.2 Å². The highest BCUT2D eigenvalue weighted by molar-refractivity contribution is 7.98. The number of hydrogen-bond donors (Lipinski definition) is 6. The summed E-state index contributed by atoms with van der Waals surface area (Å²) in [4.78, 5) is 60.7. The van der Waals surface area contributed by atoms with Gasteiger partial charge in [0.05, 0.1) is 6.04 Å². The predicted octanol–water partition coefficient (Wildman–Crippen LogP) is 0.563. The Morgan fingerprint density at radius 3 is 1.94 bits per heavy atom.